The van der Waals surface area contributed by atoms with Crippen molar-refractivity contribution in [3.8, 4) is 11.5 Å². The van der Waals surface area contributed by atoms with Crippen LogP contribution in [0.3, 0.4) is 0 Å². The molecule has 2 N–H and O–H groups in total. The van der Waals surface area contributed by atoms with Crippen molar-refractivity contribution in [3.63, 3.8) is 0 Å². The molecule has 144 valence electrons. The minimum Gasteiger partial charge on any atom is -0.495 e. The summed E-state index contributed by atoms with van der Waals surface area (Å²) in [6.45, 7) is -0.177. The number of ether oxygens (including phenoxy) is 2. The van der Waals surface area contributed by atoms with Gasteiger partial charge >= 0.3 is 0 Å². The third kappa shape index (κ3) is 5.34. The zero-order valence-electron chi connectivity index (χ0n) is 15.0. The summed E-state index contributed by atoms with van der Waals surface area (Å²) in [7, 11) is 1.54. The van der Waals surface area contributed by atoms with Gasteiger partial charge in [-0.1, -0.05) is 36.0 Å². The molecule has 0 spiro atoms. The van der Waals surface area contributed by atoms with Crippen molar-refractivity contribution in [2.45, 2.75) is 0 Å². The number of nitrogens with one attached hydrogen (secondary N) is 2. The van der Waals surface area contributed by atoms with Gasteiger partial charge in [-0.15, -0.1) is 5.10 Å². The largest absolute Gasteiger partial charge is 0.495 e. The zero-order valence-corrected chi connectivity index (χ0v) is 15.9. The third-order valence-electron chi connectivity index (χ3n) is 3.59. The Labute approximate surface area is 166 Å². The van der Waals surface area contributed by atoms with E-state index in [2.05, 4.69) is 20.8 Å². The summed E-state index contributed by atoms with van der Waals surface area (Å²) < 4.78 is 10.8. The maximum absolute atomic E-state index is 12.2. The number of amidine groups is 1. The van der Waals surface area contributed by atoms with Crippen LogP contribution in [-0.4, -0.2) is 42.7 Å². The first-order valence-corrected chi connectivity index (χ1v) is 9.32. The molecule has 8 nitrogen and oxygen atoms in total. The van der Waals surface area contributed by atoms with Gasteiger partial charge in [0.2, 0.25) is 5.91 Å². The van der Waals surface area contributed by atoms with E-state index < -0.39 is 0 Å². The van der Waals surface area contributed by atoms with Gasteiger partial charge < -0.3 is 20.1 Å². The van der Waals surface area contributed by atoms with Crippen LogP contribution in [0, 0.1) is 0 Å². The van der Waals surface area contributed by atoms with Gasteiger partial charge in [-0.25, -0.2) is 0 Å². The van der Waals surface area contributed by atoms with Crippen molar-refractivity contribution in [2.75, 3.05) is 24.8 Å². The van der Waals surface area contributed by atoms with E-state index in [9.17, 15) is 9.59 Å². The van der Waals surface area contributed by atoms with Crippen LogP contribution in [-0.2, 0) is 9.59 Å². The molecule has 0 unspecified atom stereocenters. The van der Waals surface area contributed by atoms with Crippen LogP contribution in [0.5, 0.6) is 11.5 Å². The average Bonchev–Trinajstić information content (AvgIpc) is 3.12. The molecule has 2 aromatic rings. The van der Waals surface area contributed by atoms with Crippen LogP contribution in [0.4, 0.5) is 5.69 Å². The molecular formula is C19H18N4O4S. The molecule has 1 aliphatic rings. The summed E-state index contributed by atoms with van der Waals surface area (Å²) >= 11 is 1.29. The van der Waals surface area contributed by atoms with Crippen molar-refractivity contribution in [1.82, 2.24) is 5.32 Å². The number of hydrogen-bond acceptors (Lipinski definition) is 7. The number of carbonyl (C=O) groups excluding carboxylic acids is 2. The summed E-state index contributed by atoms with van der Waals surface area (Å²) in [6, 6.07) is 14.3. The number of amides is 2. The Hall–Kier alpha value is -3.33. The number of rotatable bonds is 7. The molecule has 9 heteroatoms. The summed E-state index contributed by atoms with van der Waals surface area (Å²) in [5.74, 6) is 0.990. The van der Waals surface area contributed by atoms with E-state index in [1.807, 2.05) is 12.1 Å². The van der Waals surface area contributed by atoms with Gasteiger partial charge in [-0.05, 0) is 24.3 Å². The van der Waals surface area contributed by atoms with E-state index in [4.69, 9.17) is 9.47 Å². The van der Waals surface area contributed by atoms with Crippen LogP contribution in [0.2, 0.25) is 0 Å². The third-order valence-corrected chi connectivity index (χ3v) is 4.45. The number of anilines is 1. The number of methoxy groups -OCH3 is 1. The fraction of sp³-hybridized carbons (Fsp3) is 0.158. The van der Waals surface area contributed by atoms with Crippen LogP contribution in [0.25, 0.3) is 0 Å². The van der Waals surface area contributed by atoms with E-state index >= 15 is 0 Å². The molecule has 1 fully saturated rings. The van der Waals surface area contributed by atoms with Crippen LogP contribution in [0.1, 0.15) is 5.56 Å². The van der Waals surface area contributed by atoms with Crippen molar-refractivity contribution < 1.29 is 19.1 Å². The lowest BCUT2D eigenvalue weighted by Gasteiger charge is -2.11. The van der Waals surface area contributed by atoms with Gasteiger partial charge in [0.15, 0.2) is 11.8 Å². The smallest absolute Gasteiger partial charge is 0.262 e. The lowest BCUT2D eigenvalue weighted by Crippen LogP contribution is -2.20. The molecule has 3 rings (SSSR count). The van der Waals surface area contributed by atoms with Crippen LogP contribution >= 0.6 is 11.8 Å². The fourth-order valence-corrected chi connectivity index (χ4v) is 2.95. The first-order chi connectivity index (χ1) is 13.7. The Morgan fingerprint density at radius 3 is 2.71 bits per heavy atom. The van der Waals surface area contributed by atoms with Crippen molar-refractivity contribution in [3.05, 3.63) is 54.1 Å². The highest BCUT2D eigenvalue weighted by atomic mass is 32.2. The quantitative estimate of drug-likeness (QED) is 0.550. The van der Waals surface area contributed by atoms with Crippen molar-refractivity contribution >= 4 is 40.6 Å². The van der Waals surface area contributed by atoms with E-state index in [-0.39, 0.29) is 18.4 Å². The number of para-hydroxylation sites is 3. The minimum absolute atomic E-state index is 0.0938. The number of benzene rings is 2. The molecule has 2 aromatic carbocycles. The molecule has 0 aliphatic carbocycles. The molecule has 0 aromatic heterocycles. The maximum Gasteiger partial charge on any atom is 0.262 e. The van der Waals surface area contributed by atoms with Gasteiger partial charge in [-0.3, -0.25) is 9.59 Å². The molecule has 28 heavy (non-hydrogen) atoms. The van der Waals surface area contributed by atoms with E-state index in [1.165, 1.54) is 25.1 Å². The molecular weight excluding hydrogens is 380 g/mol. The number of hydrogen-bond donors (Lipinski definition) is 2. The highest BCUT2D eigenvalue weighted by Crippen LogP contribution is 2.23. The van der Waals surface area contributed by atoms with Gasteiger partial charge in [0.25, 0.3) is 5.91 Å². The summed E-state index contributed by atoms with van der Waals surface area (Å²) in [6.07, 6.45) is 1.51. The molecule has 1 aliphatic heterocycles. The Morgan fingerprint density at radius 1 is 1.21 bits per heavy atom. The Balaban J connectivity index is 1.60. The monoisotopic (exact) mass is 398 g/mol. The zero-order chi connectivity index (χ0) is 19.8. The Morgan fingerprint density at radius 2 is 1.96 bits per heavy atom. The number of thioether (sulfide) groups is 1. The van der Waals surface area contributed by atoms with Crippen molar-refractivity contribution in [1.29, 1.82) is 0 Å². The molecule has 0 bridgehead atoms. The highest BCUT2D eigenvalue weighted by molar-refractivity contribution is 8.15. The molecule has 0 atom stereocenters. The van der Waals surface area contributed by atoms with Gasteiger partial charge in [0.1, 0.15) is 11.5 Å². The second-order valence-corrected chi connectivity index (χ2v) is 6.53. The predicted molar refractivity (Wildman–Crippen MR) is 109 cm³/mol. The standard InChI is InChI=1S/C19H18N4O4S/c1-26-16-9-5-3-7-14(16)21-17(24)11-27-15-8-4-2-6-13(15)10-20-23-19-22-18(25)12-28-19/h2-10H,11-12H2,1H3,(H,21,24)(H,22,23,25). The van der Waals surface area contributed by atoms with E-state index in [0.29, 0.717) is 33.7 Å². The SMILES string of the molecule is COc1ccccc1NC(=O)COc1ccccc1C=NN=C1NC(=O)CS1. The normalized spacial score (nSPS) is 14.9. The Bertz CT molecular complexity index is 930. The van der Waals surface area contributed by atoms with Gasteiger partial charge in [0.05, 0.1) is 24.8 Å². The molecule has 2 amide bonds. The minimum atomic E-state index is -0.318. The lowest BCUT2D eigenvalue weighted by atomic mass is 10.2. The van der Waals surface area contributed by atoms with Gasteiger partial charge in [0, 0.05) is 5.56 Å². The Kier molecular flexibility index (Phi) is 6.64. The second-order valence-electron chi connectivity index (χ2n) is 5.56. The highest BCUT2D eigenvalue weighted by Gasteiger charge is 2.16. The molecule has 1 saturated heterocycles. The average molecular weight is 398 g/mol. The first kappa shape index (κ1) is 19.4. The topological polar surface area (TPSA) is 101 Å². The van der Waals surface area contributed by atoms with Crippen molar-refractivity contribution in [2.24, 2.45) is 10.2 Å². The van der Waals surface area contributed by atoms with Gasteiger partial charge in [-0.2, -0.15) is 5.10 Å². The molecule has 0 radical (unpaired) electrons. The van der Waals surface area contributed by atoms with E-state index in [0.717, 1.165) is 0 Å². The fourth-order valence-electron chi connectivity index (χ4n) is 2.32. The summed E-state index contributed by atoms with van der Waals surface area (Å²) in [5.41, 5.74) is 1.23. The second kappa shape index (κ2) is 9.56. The summed E-state index contributed by atoms with van der Waals surface area (Å²) in [4.78, 5) is 23.3. The van der Waals surface area contributed by atoms with E-state index in [1.54, 1.807) is 36.4 Å². The summed E-state index contributed by atoms with van der Waals surface area (Å²) in [5, 5.41) is 13.7. The molecule has 1 heterocycles. The number of nitrogens with zero attached hydrogens (tertiary/aromatic N) is 2. The van der Waals surface area contributed by atoms with Crippen LogP contribution < -0.4 is 20.1 Å². The van der Waals surface area contributed by atoms with Crippen LogP contribution in [0.15, 0.2) is 58.7 Å². The predicted octanol–water partition coefficient (Wildman–Crippen LogP) is 2.27. The maximum atomic E-state index is 12.2. The first-order valence-electron chi connectivity index (χ1n) is 8.34. The lowest BCUT2D eigenvalue weighted by molar-refractivity contribution is -0.118. The molecule has 0 saturated carbocycles. The number of carbonyl (C=O) groups is 2.